The van der Waals surface area contributed by atoms with Gasteiger partial charge in [-0.2, -0.15) is 0 Å². The summed E-state index contributed by atoms with van der Waals surface area (Å²) in [5.74, 6) is 0.809. The zero-order chi connectivity index (χ0) is 11.3. The Labute approximate surface area is 94.9 Å². The maximum Gasteiger partial charge on any atom is 0.0219 e. The van der Waals surface area contributed by atoms with Gasteiger partial charge in [0.15, 0.2) is 0 Å². The fourth-order valence-electron chi connectivity index (χ4n) is 2.46. The molecule has 0 aliphatic carbocycles. The lowest BCUT2D eigenvalue weighted by Crippen LogP contribution is -2.31. The first-order valence-electron chi connectivity index (χ1n) is 6.36. The highest BCUT2D eigenvalue weighted by Gasteiger charge is 2.25. The number of likely N-dealkylation sites (tertiary alicyclic amines) is 1. The summed E-state index contributed by atoms with van der Waals surface area (Å²) >= 11 is 0. The number of allylic oxidation sites excluding steroid dienone is 1. The lowest BCUT2D eigenvalue weighted by Gasteiger charge is -2.22. The Morgan fingerprint density at radius 3 is 2.53 bits per heavy atom. The summed E-state index contributed by atoms with van der Waals surface area (Å²) in [6.07, 6.45) is 2.44. The van der Waals surface area contributed by atoms with Gasteiger partial charge in [-0.25, -0.2) is 0 Å². The summed E-state index contributed by atoms with van der Waals surface area (Å²) in [4.78, 5) is 4.99. The van der Waals surface area contributed by atoms with Gasteiger partial charge in [0.2, 0.25) is 0 Å². The summed E-state index contributed by atoms with van der Waals surface area (Å²) in [6.45, 7) is 16.9. The van der Waals surface area contributed by atoms with Crippen molar-refractivity contribution in [1.29, 1.82) is 0 Å². The van der Waals surface area contributed by atoms with Crippen molar-refractivity contribution in [1.82, 2.24) is 9.80 Å². The molecule has 0 saturated carbocycles. The zero-order valence-corrected chi connectivity index (χ0v) is 10.6. The second-order valence-electron chi connectivity index (χ2n) is 4.57. The van der Waals surface area contributed by atoms with Gasteiger partial charge in [-0.05, 0) is 31.8 Å². The van der Waals surface area contributed by atoms with E-state index in [0.29, 0.717) is 0 Å². The maximum absolute atomic E-state index is 4.17. The summed E-state index contributed by atoms with van der Waals surface area (Å²) in [6, 6.07) is 0. The summed E-state index contributed by atoms with van der Waals surface area (Å²) < 4.78 is 0. The van der Waals surface area contributed by atoms with Crippen LogP contribution in [0.25, 0.3) is 0 Å². The number of rotatable bonds is 6. The van der Waals surface area contributed by atoms with E-state index in [1.165, 1.54) is 51.3 Å². The molecule has 1 atom stereocenters. The summed E-state index contributed by atoms with van der Waals surface area (Å²) in [5, 5.41) is 0. The third kappa shape index (κ3) is 3.53. The molecule has 1 saturated heterocycles. The topological polar surface area (TPSA) is 6.48 Å². The van der Waals surface area contributed by atoms with Gasteiger partial charge in [-0.3, -0.25) is 0 Å². The van der Waals surface area contributed by atoms with Crippen LogP contribution in [0.4, 0.5) is 0 Å². The van der Waals surface area contributed by atoms with E-state index < -0.39 is 0 Å². The van der Waals surface area contributed by atoms with Crippen molar-refractivity contribution < 1.29 is 0 Å². The van der Waals surface area contributed by atoms with E-state index in [2.05, 4.69) is 37.1 Å². The number of nitrogens with zero attached hydrogens (tertiary/aromatic N) is 2. The minimum Gasteiger partial charge on any atom is -0.375 e. The predicted molar refractivity (Wildman–Crippen MR) is 66.9 cm³/mol. The third-order valence-corrected chi connectivity index (χ3v) is 3.35. The minimum atomic E-state index is 0.809. The predicted octanol–water partition coefficient (Wildman–Crippen LogP) is 2.57. The molecule has 1 fully saturated rings. The van der Waals surface area contributed by atoms with E-state index in [4.69, 9.17) is 0 Å². The lowest BCUT2D eigenvalue weighted by atomic mass is 10.1. The van der Waals surface area contributed by atoms with Crippen molar-refractivity contribution in [2.45, 2.75) is 33.6 Å². The highest BCUT2D eigenvalue weighted by Crippen LogP contribution is 2.25. The zero-order valence-electron chi connectivity index (χ0n) is 10.6. The van der Waals surface area contributed by atoms with Crippen LogP contribution in [0.5, 0.6) is 0 Å². The van der Waals surface area contributed by atoms with Crippen LogP contribution in [0.15, 0.2) is 12.3 Å². The fourth-order valence-corrected chi connectivity index (χ4v) is 2.46. The van der Waals surface area contributed by atoms with Gasteiger partial charge >= 0.3 is 0 Å². The molecule has 0 amide bonds. The van der Waals surface area contributed by atoms with Crippen molar-refractivity contribution in [2.24, 2.45) is 5.92 Å². The molecular formula is C13H26N2. The van der Waals surface area contributed by atoms with Crippen LogP contribution in [0.1, 0.15) is 33.6 Å². The Bertz CT molecular complexity index is 197. The first-order valence-corrected chi connectivity index (χ1v) is 6.36. The van der Waals surface area contributed by atoms with Crippen LogP contribution in [0, 0.1) is 5.92 Å². The van der Waals surface area contributed by atoms with E-state index in [1.807, 2.05) is 0 Å². The van der Waals surface area contributed by atoms with Crippen LogP contribution in [0.2, 0.25) is 0 Å². The molecule has 1 aliphatic heterocycles. The van der Waals surface area contributed by atoms with Gasteiger partial charge in [0.25, 0.3) is 0 Å². The molecule has 15 heavy (non-hydrogen) atoms. The van der Waals surface area contributed by atoms with Crippen LogP contribution in [-0.4, -0.2) is 42.5 Å². The Morgan fingerprint density at radius 1 is 1.33 bits per heavy atom. The standard InChI is InChI=1S/C13H26N2/c1-5-8-15-11-13(9-12(15)4)10-14(6-2)7-3/h13H,4-11H2,1-3H3. The average Bonchev–Trinajstić information content (AvgIpc) is 2.57. The van der Waals surface area contributed by atoms with Gasteiger partial charge in [0, 0.05) is 25.3 Å². The molecule has 2 heteroatoms. The Kier molecular flexibility index (Phi) is 5.16. The van der Waals surface area contributed by atoms with E-state index in [9.17, 15) is 0 Å². The van der Waals surface area contributed by atoms with Gasteiger partial charge < -0.3 is 9.80 Å². The van der Waals surface area contributed by atoms with Crippen LogP contribution in [-0.2, 0) is 0 Å². The molecule has 0 aromatic carbocycles. The van der Waals surface area contributed by atoms with Crippen molar-refractivity contribution in [3.05, 3.63) is 12.3 Å². The number of hydrogen-bond acceptors (Lipinski definition) is 2. The average molecular weight is 210 g/mol. The monoisotopic (exact) mass is 210 g/mol. The van der Waals surface area contributed by atoms with Gasteiger partial charge in [0.05, 0.1) is 0 Å². The van der Waals surface area contributed by atoms with E-state index in [1.54, 1.807) is 0 Å². The Hall–Kier alpha value is -0.500. The molecule has 0 aromatic rings. The highest BCUT2D eigenvalue weighted by atomic mass is 15.2. The molecule has 0 spiro atoms. The van der Waals surface area contributed by atoms with Crippen molar-refractivity contribution in [3.63, 3.8) is 0 Å². The molecule has 0 N–H and O–H groups in total. The van der Waals surface area contributed by atoms with Crippen LogP contribution >= 0.6 is 0 Å². The molecular weight excluding hydrogens is 184 g/mol. The molecule has 0 radical (unpaired) electrons. The molecule has 0 bridgehead atoms. The Balaban J connectivity index is 2.37. The molecule has 1 unspecified atom stereocenters. The maximum atomic E-state index is 4.17. The van der Waals surface area contributed by atoms with E-state index in [-0.39, 0.29) is 0 Å². The minimum absolute atomic E-state index is 0.809. The third-order valence-electron chi connectivity index (χ3n) is 3.35. The molecule has 1 rings (SSSR count). The molecule has 1 heterocycles. The van der Waals surface area contributed by atoms with Crippen LogP contribution in [0.3, 0.4) is 0 Å². The largest absolute Gasteiger partial charge is 0.375 e. The first kappa shape index (κ1) is 12.6. The molecule has 2 nitrogen and oxygen atoms in total. The highest BCUT2D eigenvalue weighted by molar-refractivity contribution is 5.03. The number of hydrogen-bond donors (Lipinski definition) is 0. The summed E-state index contributed by atoms with van der Waals surface area (Å²) in [5.41, 5.74) is 1.36. The van der Waals surface area contributed by atoms with E-state index in [0.717, 1.165) is 5.92 Å². The quantitative estimate of drug-likeness (QED) is 0.665. The molecule has 1 aliphatic rings. The normalized spacial score (nSPS) is 21.7. The molecule has 0 aromatic heterocycles. The van der Waals surface area contributed by atoms with E-state index >= 15 is 0 Å². The summed E-state index contributed by atoms with van der Waals surface area (Å²) in [7, 11) is 0. The fraction of sp³-hybridized carbons (Fsp3) is 0.846. The SMILES string of the molecule is C=C1CC(CN(CC)CC)CN1CCC. The smallest absolute Gasteiger partial charge is 0.0219 e. The second-order valence-corrected chi connectivity index (χ2v) is 4.57. The van der Waals surface area contributed by atoms with Crippen LogP contribution < -0.4 is 0 Å². The second kappa shape index (κ2) is 6.16. The van der Waals surface area contributed by atoms with Gasteiger partial charge in [0.1, 0.15) is 0 Å². The van der Waals surface area contributed by atoms with Crippen molar-refractivity contribution in [2.75, 3.05) is 32.7 Å². The Morgan fingerprint density at radius 2 is 2.00 bits per heavy atom. The molecule has 88 valence electrons. The van der Waals surface area contributed by atoms with Gasteiger partial charge in [-0.15, -0.1) is 0 Å². The van der Waals surface area contributed by atoms with Crippen molar-refractivity contribution in [3.8, 4) is 0 Å². The van der Waals surface area contributed by atoms with Gasteiger partial charge in [-0.1, -0.05) is 27.4 Å². The lowest BCUT2D eigenvalue weighted by molar-refractivity contribution is 0.246. The van der Waals surface area contributed by atoms with Crippen molar-refractivity contribution >= 4 is 0 Å². The first-order chi connectivity index (χ1) is 7.21.